The first-order valence-electron chi connectivity index (χ1n) is 6.69. The average molecular weight is 288 g/mol. The molecule has 1 aromatic rings. The van der Waals surface area contributed by atoms with Gasteiger partial charge in [-0.05, 0) is 31.5 Å². The number of fused-ring (bicyclic) bond motifs is 1. The second-order valence-corrected chi connectivity index (χ2v) is 5.05. The minimum absolute atomic E-state index is 0.138. The van der Waals surface area contributed by atoms with Crippen LogP contribution in [0.15, 0.2) is 24.3 Å². The highest BCUT2D eigenvalue weighted by atomic mass is 19.4. The van der Waals surface area contributed by atoms with Crippen molar-refractivity contribution in [1.29, 1.82) is 0 Å². The first kappa shape index (κ1) is 15.1. The number of para-hydroxylation sites is 1. The predicted octanol–water partition coefficient (Wildman–Crippen LogP) is 2.47. The zero-order valence-corrected chi connectivity index (χ0v) is 11.3. The molecule has 6 heteroatoms. The molecule has 3 nitrogen and oxygen atoms in total. The molecule has 0 fully saturated rings. The van der Waals surface area contributed by atoms with E-state index in [1.54, 1.807) is 4.90 Å². The van der Waals surface area contributed by atoms with Crippen LogP contribution in [0, 0.1) is 0 Å². The van der Waals surface area contributed by atoms with Gasteiger partial charge in [0.15, 0.2) is 6.10 Å². The highest BCUT2D eigenvalue weighted by molar-refractivity contribution is 5.56. The Balaban J connectivity index is 2.26. The lowest BCUT2D eigenvalue weighted by atomic mass is 10.0. The molecule has 0 spiro atoms. The first-order chi connectivity index (χ1) is 9.43. The molecule has 2 N–H and O–H groups in total. The van der Waals surface area contributed by atoms with Crippen molar-refractivity contribution in [2.45, 2.75) is 31.2 Å². The van der Waals surface area contributed by atoms with Crippen molar-refractivity contribution < 1.29 is 18.3 Å². The van der Waals surface area contributed by atoms with Gasteiger partial charge in [0.05, 0.1) is 6.54 Å². The average Bonchev–Trinajstić information content (AvgIpc) is 2.57. The maximum atomic E-state index is 12.5. The molecule has 2 atom stereocenters. The normalized spacial score (nSPS) is 21.2. The smallest absolute Gasteiger partial charge is 0.382 e. The molecule has 2 rings (SSSR count). The molecule has 0 saturated heterocycles. The second-order valence-electron chi connectivity index (χ2n) is 5.05. The Morgan fingerprint density at radius 2 is 2.10 bits per heavy atom. The van der Waals surface area contributed by atoms with Crippen LogP contribution in [0.4, 0.5) is 18.9 Å². The minimum atomic E-state index is -4.58. The molecule has 1 aliphatic heterocycles. The van der Waals surface area contributed by atoms with E-state index in [9.17, 15) is 18.3 Å². The summed E-state index contributed by atoms with van der Waals surface area (Å²) in [5.74, 6) is 0. The Bertz CT molecular complexity index is 450. The molecule has 0 radical (unpaired) electrons. The maximum absolute atomic E-state index is 12.5. The van der Waals surface area contributed by atoms with E-state index in [4.69, 9.17) is 0 Å². The third kappa shape index (κ3) is 3.24. The van der Waals surface area contributed by atoms with Gasteiger partial charge in [-0.3, -0.25) is 0 Å². The van der Waals surface area contributed by atoms with Crippen LogP contribution < -0.4 is 10.2 Å². The van der Waals surface area contributed by atoms with Crippen molar-refractivity contribution in [3.8, 4) is 0 Å². The quantitative estimate of drug-likeness (QED) is 0.897. The minimum Gasteiger partial charge on any atom is -0.382 e. The highest BCUT2D eigenvalue weighted by Gasteiger charge is 2.39. The van der Waals surface area contributed by atoms with Gasteiger partial charge in [0.25, 0.3) is 0 Å². The fraction of sp³-hybridized carbons (Fsp3) is 0.571. The van der Waals surface area contributed by atoms with Crippen LogP contribution >= 0.6 is 0 Å². The standard InChI is InChI=1S/C14H19F3N2O/c1-18-11-6-4-8-19(9-13(20)14(15,16)17)12-7-3-2-5-10(11)12/h2-3,5,7,11,13,18,20H,4,6,8-9H2,1H3. The zero-order chi connectivity index (χ0) is 14.8. The second kappa shape index (κ2) is 6.01. The van der Waals surface area contributed by atoms with E-state index >= 15 is 0 Å². The van der Waals surface area contributed by atoms with Gasteiger partial charge in [-0.25, -0.2) is 0 Å². The highest BCUT2D eigenvalue weighted by Crippen LogP contribution is 2.33. The molecule has 0 aromatic heterocycles. The van der Waals surface area contributed by atoms with Gasteiger partial charge in [0.2, 0.25) is 0 Å². The molecule has 0 amide bonds. The number of alkyl halides is 3. The predicted molar refractivity (Wildman–Crippen MR) is 71.8 cm³/mol. The molecular weight excluding hydrogens is 269 g/mol. The zero-order valence-electron chi connectivity index (χ0n) is 11.3. The number of hydrogen-bond acceptors (Lipinski definition) is 3. The van der Waals surface area contributed by atoms with Gasteiger partial charge < -0.3 is 15.3 Å². The number of β-amino-alcohol motifs (C(OH)–C–C–N with tert-alkyl or cyclic N) is 1. The van der Waals surface area contributed by atoms with E-state index in [0.717, 1.165) is 24.1 Å². The van der Waals surface area contributed by atoms with Crippen LogP contribution in [-0.2, 0) is 0 Å². The molecule has 1 aromatic carbocycles. The SMILES string of the molecule is CNC1CCCN(CC(O)C(F)(F)F)c2ccccc21. The lowest BCUT2D eigenvalue weighted by Gasteiger charge is -2.28. The summed E-state index contributed by atoms with van der Waals surface area (Å²) in [7, 11) is 1.85. The van der Waals surface area contributed by atoms with E-state index in [1.165, 1.54) is 0 Å². The maximum Gasteiger partial charge on any atom is 0.416 e. The van der Waals surface area contributed by atoms with E-state index in [2.05, 4.69) is 5.32 Å². The molecule has 1 aliphatic rings. The molecule has 0 bridgehead atoms. The van der Waals surface area contributed by atoms with Crippen LogP contribution in [0.3, 0.4) is 0 Å². The van der Waals surface area contributed by atoms with Crippen molar-refractivity contribution in [3.05, 3.63) is 29.8 Å². The van der Waals surface area contributed by atoms with Crippen LogP contribution in [0.5, 0.6) is 0 Å². The third-order valence-corrected chi connectivity index (χ3v) is 3.69. The molecule has 1 heterocycles. The summed E-state index contributed by atoms with van der Waals surface area (Å²) in [5.41, 5.74) is 1.76. The topological polar surface area (TPSA) is 35.5 Å². The molecule has 112 valence electrons. The molecule has 2 unspecified atom stereocenters. The fourth-order valence-electron chi connectivity index (χ4n) is 2.63. The number of nitrogens with zero attached hydrogens (tertiary/aromatic N) is 1. The molecule has 0 aliphatic carbocycles. The summed E-state index contributed by atoms with van der Waals surface area (Å²) in [6.07, 6.45) is -5.25. The molecular formula is C14H19F3N2O. The summed E-state index contributed by atoms with van der Waals surface area (Å²) in [5, 5.41) is 12.5. The Morgan fingerprint density at radius 1 is 1.40 bits per heavy atom. The first-order valence-corrected chi connectivity index (χ1v) is 6.69. The fourth-order valence-corrected chi connectivity index (χ4v) is 2.63. The number of halogens is 3. The van der Waals surface area contributed by atoms with Crippen LogP contribution in [-0.4, -0.2) is 37.5 Å². The summed E-state index contributed by atoms with van der Waals surface area (Å²) in [6, 6.07) is 7.57. The van der Waals surface area contributed by atoms with Gasteiger partial charge in [-0.2, -0.15) is 13.2 Å². The monoisotopic (exact) mass is 288 g/mol. The van der Waals surface area contributed by atoms with Gasteiger partial charge in [0, 0.05) is 18.3 Å². The Kier molecular flexibility index (Phi) is 4.55. The summed E-state index contributed by atoms with van der Waals surface area (Å²) in [6.45, 7) is 0.0965. The summed E-state index contributed by atoms with van der Waals surface area (Å²) in [4.78, 5) is 1.63. The number of aliphatic hydroxyl groups is 1. The van der Waals surface area contributed by atoms with E-state index < -0.39 is 18.8 Å². The van der Waals surface area contributed by atoms with Crippen LogP contribution in [0.1, 0.15) is 24.4 Å². The van der Waals surface area contributed by atoms with Crippen LogP contribution in [0.2, 0.25) is 0 Å². The van der Waals surface area contributed by atoms with Crippen molar-refractivity contribution >= 4 is 5.69 Å². The van der Waals surface area contributed by atoms with E-state index in [0.29, 0.717) is 6.54 Å². The number of anilines is 1. The van der Waals surface area contributed by atoms with Crippen molar-refractivity contribution in [1.82, 2.24) is 5.32 Å². The van der Waals surface area contributed by atoms with Gasteiger partial charge in [-0.15, -0.1) is 0 Å². The Labute approximate surface area is 116 Å². The van der Waals surface area contributed by atoms with Crippen LogP contribution in [0.25, 0.3) is 0 Å². The Hall–Kier alpha value is -1.27. The molecule has 0 saturated carbocycles. The summed E-state index contributed by atoms with van der Waals surface area (Å²) >= 11 is 0. The number of aliphatic hydroxyl groups excluding tert-OH is 1. The number of rotatable bonds is 3. The number of nitrogens with one attached hydrogen (secondary N) is 1. The van der Waals surface area contributed by atoms with E-state index in [1.807, 2.05) is 31.3 Å². The van der Waals surface area contributed by atoms with E-state index in [-0.39, 0.29) is 6.04 Å². The number of hydrogen-bond donors (Lipinski definition) is 2. The lowest BCUT2D eigenvalue weighted by molar-refractivity contribution is -0.200. The van der Waals surface area contributed by atoms with Gasteiger partial charge >= 0.3 is 6.18 Å². The third-order valence-electron chi connectivity index (χ3n) is 3.69. The number of benzene rings is 1. The molecule has 20 heavy (non-hydrogen) atoms. The van der Waals surface area contributed by atoms with Crippen molar-refractivity contribution in [2.24, 2.45) is 0 Å². The summed E-state index contributed by atoms with van der Waals surface area (Å²) < 4.78 is 37.6. The van der Waals surface area contributed by atoms with Gasteiger partial charge in [0.1, 0.15) is 0 Å². The van der Waals surface area contributed by atoms with Gasteiger partial charge in [-0.1, -0.05) is 18.2 Å². The lowest BCUT2D eigenvalue weighted by Crippen LogP contribution is -2.41. The van der Waals surface area contributed by atoms with Crippen molar-refractivity contribution in [2.75, 3.05) is 25.0 Å². The largest absolute Gasteiger partial charge is 0.416 e. The Morgan fingerprint density at radius 3 is 2.75 bits per heavy atom. The van der Waals surface area contributed by atoms with Crippen molar-refractivity contribution in [3.63, 3.8) is 0 Å².